The zero-order valence-electron chi connectivity index (χ0n) is 10.8. The quantitative estimate of drug-likeness (QED) is 0.728. The van der Waals surface area contributed by atoms with E-state index < -0.39 is 0 Å². The minimum atomic E-state index is -0.372. The molecule has 0 saturated carbocycles. The summed E-state index contributed by atoms with van der Waals surface area (Å²) < 4.78 is 13.3. The van der Waals surface area contributed by atoms with Crippen LogP contribution in [0, 0.1) is 26.6 Å². The lowest BCUT2D eigenvalue weighted by atomic mass is 9.95. The highest BCUT2D eigenvalue weighted by Gasteiger charge is 2.13. The molecule has 0 aliphatic heterocycles. The van der Waals surface area contributed by atoms with Gasteiger partial charge in [-0.1, -0.05) is 18.2 Å². The zero-order chi connectivity index (χ0) is 13.3. The fourth-order valence-electron chi connectivity index (χ4n) is 2.02. The number of rotatable bonds is 2. The van der Waals surface area contributed by atoms with Crippen LogP contribution in [0.4, 0.5) is 4.39 Å². The summed E-state index contributed by atoms with van der Waals surface area (Å²) in [4.78, 5) is 12.4. The Morgan fingerprint density at radius 3 is 2.44 bits per heavy atom. The lowest BCUT2D eigenvalue weighted by Gasteiger charge is -2.08. The minimum Gasteiger partial charge on any atom is -0.289 e. The molecule has 0 aliphatic rings. The molecule has 0 saturated heterocycles. The van der Waals surface area contributed by atoms with Gasteiger partial charge in [0.05, 0.1) is 0 Å². The molecule has 0 amide bonds. The van der Waals surface area contributed by atoms with Crippen molar-refractivity contribution >= 4 is 5.78 Å². The summed E-state index contributed by atoms with van der Waals surface area (Å²) in [6.07, 6.45) is 0. The maximum absolute atomic E-state index is 13.3. The molecular weight excluding hydrogens is 227 g/mol. The number of hydrogen-bond donors (Lipinski definition) is 0. The van der Waals surface area contributed by atoms with Crippen LogP contribution in [0.2, 0.25) is 0 Å². The number of ketones is 1. The Bertz CT molecular complexity index is 594. The van der Waals surface area contributed by atoms with Crippen LogP contribution in [0.15, 0.2) is 36.4 Å². The Labute approximate surface area is 106 Å². The van der Waals surface area contributed by atoms with Crippen molar-refractivity contribution in [3.8, 4) is 0 Å². The van der Waals surface area contributed by atoms with Crippen molar-refractivity contribution in [1.82, 2.24) is 0 Å². The first-order chi connectivity index (χ1) is 8.49. The van der Waals surface area contributed by atoms with E-state index >= 15 is 0 Å². The molecule has 0 N–H and O–H groups in total. The highest BCUT2D eigenvalue weighted by atomic mass is 19.1. The average Bonchev–Trinajstić information content (AvgIpc) is 2.30. The second-order valence-corrected chi connectivity index (χ2v) is 4.59. The zero-order valence-corrected chi connectivity index (χ0v) is 10.8. The van der Waals surface area contributed by atoms with E-state index in [4.69, 9.17) is 0 Å². The summed E-state index contributed by atoms with van der Waals surface area (Å²) in [5.41, 5.74) is 3.81. The Kier molecular flexibility index (Phi) is 3.28. The molecule has 2 heteroatoms. The van der Waals surface area contributed by atoms with Crippen LogP contribution in [0.5, 0.6) is 0 Å². The number of benzene rings is 2. The third-order valence-corrected chi connectivity index (χ3v) is 3.15. The van der Waals surface area contributed by atoms with Crippen molar-refractivity contribution in [1.29, 1.82) is 0 Å². The van der Waals surface area contributed by atoms with E-state index in [2.05, 4.69) is 0 Å². The van der Waals surface area contributed by atoms with E-state index in [-0.39, 0.29) is 11.6 Å². The minimum absolute atomic E-state index is 0.126. The second-order valence-electron chi connectivity index (χ2n) is 4.59. The smallest absolute Gasteiger partial charge is 0.193 e. The number of halogens is 1. The second kappa shape index (κ2) is 4.73. The van der Waals surface area contributed by atoms with Gasteiger partial charge in [0.15, 0.2) is 5.78 Å². The van der Waals surface area contributed by atoms with E-state index in [9.17, 15) is 9.18 Å². The topological polar surface area (TPSA) is 17.1 Å². The molecule has 2 aromatic rings. The van der Waals surface area contributed by atoms with Crippen LogP contribution in [-0.4, -0.2) is 5.78 Å². The van der Waals surface area contributed by atoms with E-state index in [1.807, 2.05) is 26.0 Å². The molecule has 0 unspecified atom stereocenters. The maximum Gasteiger partial charge on any atom is 0.193 e. The average molecular weight is 242 g/mol. The summed E-state index contributed by atoms with van der Waals surface area (Å²) in [6.45, 7) is 5.65. The van der Waals surface area contributed by atoms with Gasteiger partial charge >= 0.3 is 0 Å². The molecule has 2 aromatic carbocycles. The number of aryl methyl sites for hydroxylation is 2. The molecule has 0 spiro atoms. The van der Waals surface area contributed by atoms with Gasteiger partial charge in [-0.05, 0) is 55.7 Å². The predicted octanol–water partition coefficient (Wildman–Crippen LogP) is 3.98. The highest BCUT2D eigenvalue weighted by molar-refractivity contribution is 6.10. The molecule has 92 valence electrons. The Hall–Kier alpha value is -1.96. The maximum atomic E-state index is 13.3. The molecule has 0 bridgehead atoms. The SMILES string of the molecule is Cc1cc(F)cc(C(=O)c2cccc(C)c2C)c1. The van der Waals surface area contributed by atoms with Gasteiger partial charge in [0.25, 0.3) is 0 Å². The van der Waals surface area contributed by atoms with Gasteiger partial charge in [0.1, 0.15) is 5.82 Å². The van der Waals surface area contributed by atoms with Crippen LogP contribution < -0.4 is 0 Å². The molecule has 0 atom stereocenters. The fraction of sp³-hybridized carbons (Fsp3) is 0.188. The van der Waals surface area contributed by atoms with Crippen molar-refractivity contribution < 1.29 is 9.18 Å². The van der Waals surface area contributed by atoms with Crippen LogP contribution in [-0.2, 0) is 0 Å². The van der Waals surface area contributed by atoms with Gasteiger partial charge < -0.3 is 0 Å². The Morgan fingerprint density at radius 2 is 1.78 bits per heavy atom. The summed E-state index contributed by atoms with van der Waals surface area (Å²) in [5, 5.41) is 0. The van der Waals surface area contributed by atoms with E-state index in [0.717, 1.165) is 16.7 Å². The summed E-state index contributed by atoms with van der Waals surface area (Å²) in [6, 6.07) is 10.0. The Balaban J connectivity index is 2.51. The molecule has 0 heterocycles. The largest absolute Gasteiger partial charge is 0.289 e. The lowest BCUT2D eigenvalue weighted by molar-refractivity contribution is 0.103. The predicted molar refractivity (Wildman–Crippen MR) is 70.5 cm³/mol. The van der Waals surface area contributed by atoms with E-state index in [1.54, 1.807) is 19.1 Å². The van der Waals surface area contributed by atoms with Crippen molar-refractivity contribution in [2.45, 2.75) is 20.8 Å². The van der Waals surface area contributed by atoms with Crippen molar-refractivity contribution in [3.63, 3.8) is 0 Å². The van der Waals surface area contributed by atoms with Gasteiger partial charge in [0.2, 0.25) is 0 Å². The van der Waals surface area contributed by atoms with Gasteiger partial charge in [-0.25, -0.2) is 4.39 Å². The number of carbonyl (C=O) groups excluding carboxylic acids is 1. The molecule has 18 heavy (non-hydrogen) atoms. The van der Waals surface area contributed by atoms with Gasteiger partial charge in [0, 0.05) is 11.1 Å². The molecule has 0 radical (unpaired) electrons. The summed E-state index contributed by atoms with van der Waals surface area (Å²) >= 11 is 0. The number of carbonyl (C=O) groups is 1. The van der Waals surface area contributed by atoms with Gasteiger partial charge in [-0.3, -0.25) is 4.79 Å². The molecule has 0 aromatic heterocycles. The third kappa shape index (κ3) is 2.33. The standard InChI is InChI=1S/C16H15FO/c1-10-7-13(9-14(17)8-10)16(18)15-6-4-5-11(2)12(15)3/h4-9H,1-3H3. The number of hydrogen-bond acceptors (Lipinski definition) is 1. The van der Waals surface area contributed by atoms with Crippen LogP contribution >= 0.6 is 0 Å². The fourth-order valence-corrected chi connectivity index (χ4v) is 2.02. The molecule has 2 rings (SSSR count). The van der Waals surface area contributed by atoms with Crippen molar-refractivity contribution in [2.75, 3.05) is 0 Å². The molecule has 1 nitrogen and oxygen atoms in total. The van der Waals surface area contributed by atoms with Crippen molar-refractivity contribution in [2.24, 2.45) is 0 Å². The summed E-state index contributed by atoms with van der Waals surface area (Å²) in [5.74, 6) is -0.498. The first kappa shape index (κ1) is 12.5. The molecule has 0 fully saturated rings. The molecule has 0 aliphatic carbocycles. The van der Waals surface area contributed by atoms with Crippen LogP contribution in [0.1, 0.15) is 32.6 Å². The monoisotopic (exact) mass is 242 g/mol. The Morgan fingerprint density at radius 1 is 1.06 bits per heavy atom. The van der Waals surface area contributed by atoms with Crippen LogP contribution in [0.25, 0.3) is 0 Å². The third-order valence-electron chi connectivity index (χ3n) is 3.15. The first-order valence-corrected chi connectivity index (χ1v) is 5.87. The first-order valence-electron chi connectivity index (χ1n) is 5.87. The van der Waals surface area contributed by atoms with E-state index in [1.165, 1.54) is 12.1 Å². The van der Waals surface area contributed by atoms with Gasteiger partial charge in [-0.15, -0.1) is 0 Å². The highest BCUT2D eigenvalue weighted by Crippen LogP contribution is 2.18. The van der Waals surface area contributed by atoms with Gasteiger partial charge in [-0.2, -0.15) is 0 Å². The normalized spacial score (nSPS) is 10.4. The molecular formula is C16H15FO. The summed E-state index contributed by atoms with van der Waals surface area (Å²) in [7, 11) is 0. The van der Waals surface area contributed by atoms with Crippen molar-refractivity contribution in [3.05, 3.63) is 70.0 Å². The van der Waals surface area contributed by atoms with Crippen LogP contribution in [0.3, 0.4) is 0 Å². The van der Waals surface area contributed by atoms with E-state index in [0.29, 0.717) is 11.1 Å². The lowest BCUT2D eigenvalue weighted by Crippen LogP contribution is -2.05.